The van der Waals surface area contributed by atoms with Gasteiger partial charge < -0.3 is 10.0 Å². The Morgan fingerprint density at radius 1 is 1.04 bits per heavy atom. The summed E-state index contributed by atoms with van der Waals surface area (Å²) in [5, 5.41) is 10.6. The average molecular weight is 366 g/mol. The largest absolute Gasteiger partial charge is 0.388 e. The molecule has 1 aliphatic rings. The number of aryl methyl sites for hydroxylation is 1. The molecule has 1 amide bonds. The second kappa shape index (κ2) is 9.70. The van der Waals surface area contributed by atoms with Gasteiger partial charge in [-0.15, -0.1) is 0 Å². The number of aliphatic hydroxyl groups excluding tert-OH is 1. The Morgan fingerprint density at radius 3 is 2.30 bits per heavy atom. The van der Waals surface area contributed by atoms with E-state index in [1.807, 2.05) is 35.2 Å². The Bertz CT molecular complexity index is 703. The highest BCUT2D eigenvalue weighted by molar-refractivity contribution is 5.78. The summed E-state index contributed by atoms with van der Waals surface area (Å²) in [5.74, 6) is 0.429. The van der Waals surface area contributed by atoms with Gasteiger partial charge in [-0.25, -0.2) is 0 Å². The highest BCUT2D eigenvalue weighted by Crippen LogP contribution is 2.30. The van der Waals surface area contributed by atoms with Crippen LogP contribution in [0.2, 0.25) is 0 Å². The van der Waals surface area contributed by atoms with Crippen LogP contribution >= 0.6 is 0 Å². The summed E-state index contributed by atoms with van der Waals surface area (Å²) in [6.45, 7) is 3.68. The summed E-state index contributed by atoms with van der Waals surface area (Å²) in [4.78, 5) is 14.6. The van der Waals surface area contributed by atoms with Crippen LogP contribution in [0.5, 0.6) is 0 Å². The number of carbonyl (C=O) groups is 1. The maximum Gasteiger partial charge on any atom is 0.226 e. The van der Waals surface area contributed by atoms with Crippen LogP contribution in [0.1, 0.15) is 55.4 Å². The molecule has 3 rings (SSSR count). The zero-order chi connectivity index (χ0) is 19.1. The van der Waals surface area contributed by atoms with Crippen LogP contribution in [0.25, 0.3) is 0 Å². The fraction of sp³-hybridized carbons (Fsp3) is 0.458. The third-order valence-electron chi connectivity index (χ3n) is 5.68. The molecule has 144 valence electrons. The van der Waals surface area contributed by atoms with E-state index >= 15 is 0 Å². The molecule has 1 fully saturated rings. The van der Waals surface area contributed by atoms with E-state index in [2.05, 4.69) is 31.2 Å². The number of aliphatic hydroxyl groups is 1. The van der Waals surface area contributed by atoms with Crippen molar-refractivity contribution in [2.45, 2.75) is 51.6 Å². The number of likely N-dealkylation sites (tertiary alicyclic amines) is 1. The van der Waals surface area contributed by atoms with E-state index in [4.69, 9.17) is 0 Å². The zero-order valence-corrected chi connectivity index (χ0v) is 16.3. The van der Waals surface area contributed by atoms with Crippen LogP contribution in [0, 0.1) is 5.92 Å². The van der Waals surface area contributed by atoms with Crippen molar-refractivity contribution in [2.24, 2.45) is 5.92 Å². The van der Waals surface area contributed by atoms with Gasteiger partial charge in [0.25, 0.3) is 0 Å². The molecule has 1 atom stereocenters. The fourth-order valence-electron chi connectivity index (χ4n) is 3.88. The van der Waals surface area contributed by atoms with Gasteiger partial charge in [0.1, 0.15) is 0 Å². The number of amides is 1. The van der Waals surface area contributed by atoms with Crippen LogP contribution in [0.3, 0.4) is 0 Å². The predicted molar refractivity (Wildman–Crippen MR) is 109 cm³/mol. The van der Waals surface area contributed by atoms with Crippen molar-refractivity contribution in [3.8, 4) is 0 Å². The van der Waals surface area contributed by atoms with Gasteiger partial charge in [0, 0.05) is 13.1 Å². The van der Waals surface area contributed by atoms with Crippen LogP contribution in [-0.4, -0.2) is 29.0 Å². The lowest BCUT2D eigenvalue weighted by atomic mass is 9.87. The first-order valence-electron chi connectivity index (χ1n) is 10.3. The molecule has 1 N–H and O–H groups in total. The van der Waals surface area contributed by atoms with Gasteiger partial charge in [0.2, 0.25) is 5.91 Å². The molecule has 1 unspecified atom stereocenters. The molecule has 3 nitrogen and oxygen atoms in total. The standard InChI is InChI=1S/C24H31NO2/c1-2-3-7-19-10-12-20(13-11-19)18-23(26)25-16-14-22(15-17-25)24(27)21-8-5-4-6-9-21/h4-6,8-13,22,24,27H,2-3,7,14-18H2,1H3. The van der Waals surface area contributed by atoms with E-state index < -0.39 is 6.10 Å². The summed E-state index contributed by atoms with van der Waals surface area (Å²) in [5.41, 5.74) is 3.42. The minimum absolute atomic E-state index is 0.198. The van der Waals surface area contributed by atoms with Gasteiger partial charge in [-0.05, 0) is 48.3 Å². The fourth-order valence-corrected chi connectivity index (χ4v) is 3.88. The first kappa shape index (κ1) is 19.6. The summed E-state index contributed by atoms with van der Waals surface area (Å²) in [6.07, 6.45) is 5.29. The van der Waals surface area contributed by atoms with Crippen molar-refractivity contribution >= 4 is 5.91 Å². The maximum absolute atomic E-state index is 12.6. The molecule has 0 saturated carbocycles. The number of benzene rings is 2. The van der Waals surface area contributed by atoms with E-state index in [9.17, 15) is 9.90 Å². The molecule has 2 aromatic carbocycles. The van der Waals surface area contributed by atoms with E-state index in [-0.39, 0.29) is 11.8 Å². The smallest absolute Gasteiger partial charge is 0.226 e. The summed E-state index contributed by atoms with van der Waals surface area (Å²) in [7, 11) is 0. The monoisotopic (exact) mass is 365 g/mol. The second-order valence-corrected chi connectivity index (χ2v) is 7.67. The average Bonchev–Trinajstić information content (AvgIpc) is 2.73. The highest BCUT2D eigenvalue weighted by Gasteiger charge is 2.28. The first-order chi connectivity index (χ1) is 13.2. The van der Waals surface area contributed by atoms with Gasteiger partial charge in [-0.2, -0.15) is 0 Å². The molecule has 27 heavy (non-hydrogen) atoms. The SMILES string of the molecule is CCCCc1ccc(CC(=O)N2CCC(C(O)c3ccccc3)CC2)cc1. The molecule has 3 heteroatoms. The Balaban J connectivity index is 1.48. The number of hydrogen-bond donors (Lipinski definition) is 1. The van der Waals surface area contributed by atoms with Crippen molar-refractivity contribution in [3.63, 3.8) is 0 Å². The zero-order valence-electron chi connectivity index (χ0n) is 16.3. The van der Waals surface area contributed by atoms with Crippen molar-refractivity contribution < 1.29 is 9.90 Å². The van der Waals surface area contributed by atoms with Crippen LogP contribution in [-0.2, 0) is 17.6 Å². The molecule has 0 aliphatic carbocycles. The van der Waals surface area contributed by atoms with E-state index in [0.717, 1.165) is 43.5 Å². The molecule has 2 aromatic rings. The minimum Gasteiger partial charge on any atom is -0.388 e. The van der Waals surface area contributed by atoms with E-state index in [0.29, 0.717) is 6.42 Å². The third kappa shape index (κ3) is 5.43. The highest BCUT2D eigenvalue weighted by atomic mass is 16.3. The normalized spacial score (nSPS) is 16.3. The number of unbranched alkanes of at least 4 members (excludes halogenated alkanes) is 1. The van der Waals surface area contributed by atoms with Gasteiger partial charge in [-0.3, -0.25) is 4.79 Å². The molecule has 0 bridgehead atoms. The molecular weight excluding hydrogens is 334 g/mol. The van der Waals surface area contributed by atoms with Gasteiger partial charge in [0.15, 0.2) is 0 Å². The number of hydrogen-bond acceptors (Lipinski definition) is 2. The minimum atomic E-state index is -0.431. The van der Waals surface area contributed by atoms with Crippen LogP contribution in [0.15, 0.2) is 54.6 Å². The molecular formula is C24H31NO2. The Kier molecular flexibility index (Phi) is 7.05. The van der Waals surface area contributed by atoms with Crippen molar-refractivity contribution in [2.75, 3.05) is 13.1 Å². The predicted octanol–water partition coefficient (Wildman–Crippen LogP) is 4.54. The van der Waals surface area contributed by atoms with Crippen molar-refractivity contribution in [1.29, 1.82) is 0 Å². The lowest BCUT2D eigenvalue weighted by molar-refractivity contribution is -0.132. The van der Waals surface area contributed by atoms with Crippen molar-refractivity contribution in [1.82, 2.24) is 4.90 Å². The molecule has 1 aliphatic heterocycles. The Labute approximate surface area is 163 Å². The third-order valence-corrected chi connectivity index (χ3v) is 5.68. The lowest BCUT2D eigenvalue weighted by Crippen LogP contribution is -2.40. The Hall–Kier alpha value is -2.13. The molecule has 1 heterocycles. The van der Waals surface area contributed by atoms with Crippen LogP contribution in [0.4, 0.5) is 0 Å². The lowest BCUT2D eigenvalue weighted by Gasteiger charge is -2.34. The number of carbonyl (C=O) groups excluding carboxylic acids is 1. The number of piperidine rings is 1. The summed E-state index contributed by atoms with van der Waals surface area (Å²) < 4.78 is 0. The molecule has 0 aromatic heterocycles. The summed E-state index contributed by atoms with van der Waals surface area (Å²) in [6, 6.07) is 18.3. The summed E-state index contributed by atoms with van der Waals surface area (Å²) >= 11 is 0. The van der Waals surface area contributed by atoms with E-state index in [1.165, 1.54) is 18.4 Å². The number of rotatable bonds is 7. The quantitative estimate of drug-likeness (QED) is 0.782. The molecule has 0 spiro atoms. The molecule has 1 saturated heterocycles. The molecule has 0 radical (unpaired) electrons. The number of nitrogens with zero attached hydrogens (tertiary/aromatic N) is 1. The van der Waals surface area contributed by atoms with Crippen LogP contribution < -0.4 is 0 Å². The topological polar surface area (TPSA) is 40.5 Å². The Morgan fingerprint density at radius 2 is 1.67 bits per heavy atom. The maximum atomic E-state index is 12.6. The van der Waals surface area contributed by atoms with Gasteiger partial charge in [-0.1, -0.05) is 67.9 Å². The van der Waals surface area contributed by atoms with E-state index in [1.54, 1.807) is 0 Å². The van der Waals surface area contributed by atoms with Crippen molar-refractivity contribution in [3.05, 3.63) is 71.3 Å². The first-order valence-corrected chi connectivity index (χ1v) is 10.3. The second-order valence-electron chi connectivity index (χ2n) is 7.67. The van der Waals surface area contributed by atoms with Gasteiger partial charge >= 0.3 is 0 Å². The van der Waals surface area contributed by atoms with Gasteiger partial charge in [0.05, 0.1) is 12.5 Å².